The Bertz CT molecular complexity index is 1040. The Kier molecular flexibility index (Phi) is 5.20. The Morgan fingerprint density at radius 1 is 1.20 bits per heavy atom. The predicted octanol–water partition coefficient (Wildman–Crippen LogP) is -1.98. The van der Waals surface area contributed by atoms with Crippen LogP contribution in [-0.2, 0) is 14.1 Å². The average molecular weight is 346 g/mol. The molecule has 0 spiro atoms. The first-order valence-corrected chi connectivity index (χ1v) is 7.02. The lowest BCUT2D eigenvalue weighted by Gasteiger charge is -2.00. The van der Waals surface area contributed by atoms with E-state index in [1.54, 1.807) is 7.05 Å². The Hall–Kier alpha value is -3.18. The molecule has 130 valence electrons. The summed E-state index contributed by atoms with van der Waals surface area (Å²) in [5, 5.41) is 25.9. The molecule has 0 saturated heterocycles. The normalized spacial score (nSPS) is 10.2. The van der Waals surface area contributed by atoms with Crippen LogP contribution in [0, 0.1) is 0 Å². The number of nitrogens with zero attached hydrogens (tertiary/aromatic N) is 3. The maximum absolute atomic E-state index is 11.4. The Morgan fingerprint density at radius 3 is 2.48 bits per heavy atom. The number of aryl methyl sites for hydroxylation is 1. The Balaban J connectivity index is 0.000000181. The second kappa shape index (κ2) is 7.15. The maximum atomic E-state index is 11.4. The quantitative estimate of drug-likeness (QED) is 0.393. The van der Waals surface area contributed by atoms with E-state index >= 15 is 0 Å². The van der Waals surface area contributed by atoms with Gasteiger partial charge in [-0.25, -0.2) is 14.6 Å². The van der Waals surface area contributed by atoms with Crippen LogP contribution >= 0.6 is 0 Å². The van der Waals surface area contributed by atoms with E-state index in [0.717, 1.165) is 4.57 Å². The molecule has 10 nitrogen and oxygen atoms in total. The number of aromatic nitrogens is 4. The second-order valence-electron chi connectivity index (χ2n) is 5.11. The molecule has 2 heterocycles. The van der Waals surface area contributed by atoms with Gasteiger partial charge in [-0.05, 0) is 17.6 Å². The van der Waals surface area contributed by atoms with Gasteiger partial charge < -0.3 is 20.1 Å². The molecule has 25 heavy (non-hydrogen) atoms. The summed E-state index contributed by atoms with van der Waals surface area (Å²) in [5.41, 5.74) is 0.230. The number of fused-ring (bicyclic) bond motifs is 1. The summed E-state index contributed by atoms with van der Waals surface area (Å²) < 4.78 is 2.37. The number of hydrogen-bond acceptors (Lipinski definition) is 6. The number of aromatic carboxylic acids is 1. The standard InChI is InChI=1S/C7H7BO4.C7H8N4O2/c9-7(10)5-2-1-3-6(4-5)8(11)12;1-10-5-4(8-3-9-5)6(12)11(2)7(10)13/h1-4,11-12H,(H,9,10);3H,1-2H3,(H,8,9). The average Bonchev–Trinajstić information content (AvgIpc) is 3.08. The fraction of sp³-hybridized carbons (Fsp3) is 0.143. The maximum Gasteiger partial charge on any atom is 0.488 e. The number of carboxylic acids is 1. The molecule has 3 rings (SSSR count). The molecule has 0 aliphatic rings. The van der Waals surface area contributed by atoms with Crippen LogP contribution in [0.1, 0.15) is 10.4 Å². The predicted molar refractivity (Wildman–Crippen MR) is 89.8 cm³/mol. The summed E-state index contributed by atoms with van der Waals surface area (Å²) in [6, 6.07) is 5.50. The van der Waals surface area contributed by atoms with Crippen molar-refractivity contribution in [3.05, 3.63) is 57.0 Å². The molecule has 1 aromatic carbocycles. The van der Waals surface area contributed by atoms with Crippen molar-refractivity contribution in [2.24, 2.45) is 14.1 Å². The Labute approximate surface area is 140 Å². The molecule has 0 aliphatic heterocycles. The van der Waals surface area contributed by atoms with E-state index in [0.29, 0.717) is 11.2 Å². The highest BCUT2D eigenvalue weighted by Gasteiger charge is 2.12. The number of H-pyrrole nitrogens is 1. The topological polar surface area (TPSA) is 150 Å². The fourth-order valence-corrected chi connectivity index (χ4v) is 2.10. The summed E-state index contributed by atoms with van der Waals surface area (Å²) >= 11 is 0. The van der Waals surface area contributed by atoms with Crippen LogP contribution in [0.3, 0.4) is 0 Å². The molecule has 4 N–H and O–H groups in total. The van der Waals surface area contributed by atoms with Crippen LogP contribution in [0.15, 0.2) is 40.2 Å². The van der Waals surface area contributed by atoms with Crippen LogP contribution in [0.5, 0.6) is 0 Å². The van der Waals surface area contributed by atoms with E-state index in [1.807, 2.05) is 0 Å². The van der Waals surface area contributed by atoms with Crippen molar-refractivity contribution in [3.63, 3.8) is 0 Å². The summed E-state index contributed by atoms with van der Waals surface area (Å²) in [7, 11) is 1.39. The van der Waals surface area contributed by atoms with Gasteiger partial charge in [0, 0.05) is 14.1 Å². The molecule has 0 unspecified atom stereocenters. The lowest BCUT2D eigenvalue weighted by Crippen LogP contribution is -2.36. The largest absolute Gasteiger partial charge is 0.488 e. The van der Waals surface area contributed by atoms with E-state index in [1.165, 1.54) is 42.2 Å². The van der Waals surface area contributed by atoms with E-state index in [-0.39, 0.29) is 22.3 Å². The van der Waals surface area contributed by atoms with Gasteiger partial charge in [-0.15, -0.1) is 0 Å². The van der Waals surface area contributed by atoms with Gasteiger partial charge >= 0.3 is 18.8 Å². The molecule has 11 heteroatoms. The zero-order valence-corrected chi connectivity index (χ0v) is 13.4. The smallest absolute Gasteiger partial charge is 0.478 e. The fourth-order valence-electron chi connectivity index (χ4n) is 2.10. The third-order valence-corrected chi connectivity index (χ3v) is 3.46. The first kappa shape index (κ1) is 18.2. The first-order chi connectivity index (χ1) is 11.7. The monoisotopic (exact) mass is 346 g/mol. The van der Waals surface area contributed by atoms with Gasteiger partial charge in [0.15, 0.2) is 5.65 Å². The summed E-state index contributed by atoms with van der Waals surface area (Å²) in [6.45, 7) is 0. The number of carbonyl (C=O) groups is 1. The van der Waals surface area contributed by atoms with Crippen molar-refractivity contribution in [1.29, 1.82) is 0 Å². The molecule has 0 bridgehead atoms. The Morgan fingerprint density at radius 2 is 1.88 bits per heavy atom. The number of imidazole rings is 1. The number of aromatic amines is 1. The molecular weight excluding hydrogens is 331 g/mol. The molecule has 0 amide bonds. The number of rotatable bonds is 2. The highest BCUT2D eigenvalue weighted by atomic mass is 16.4. The third kappa shape index (κ3) is 3.67. The van der Waals surface area contributed by atoms with Gasteiger partial charge in [-0.2, -0.15) is 0 Å². The van der Waals surface area contributed by atoms with Gasteiger partial charge in [0.2, 0.25) is 0 Å². The van der Waals surface area contributed by atoms with Gasteiger partial charge in [-0.3, -0.25) is 13.9 Å². The minimum absolute atomic E-state index is 0.0422. The molecule has 0 aliphatic carbocycles. The lowest BCUT2D eigenvalue weighted by atomic mass is 9.80. The van der Waals surface area contributed by atoms with Crippen molar-refractivity contribution in [1.82, 2.24) is 19.1 Å². The van der Waals surface area contributed by atoms with Crippen LogP contribution < -0.4 is 16.7 Å². The second-order valence-corrected chi connectivity index (χ2v) is 5.11. The van der Waals surface area contributed by atoms with Crippen molar-refractivity contribution < 1.29 is 19.9 Å². The van der Waals surface area contributed by atoms with Crippen LogP contribution in [0.25, 0.3) is 11.2 Å². The SMILES string of the molecule is Cn1c(=O)c2[nH]cnc2n(C)c1=O.O=C(O)c1cccc(B(O)O)c1. The lowest BCUT2D eigenvalue weighted by molar-refractivity contribution is 0.0697. The van der Waals surface area contributed by atoms with Crippen molar-refractivity contribution in [3.8, 4) is 0 Å². The number of nitrogens with one attached hydrogen (secondary N) is 1. The van der Waals surface area contributed by atoms with Crippen molar-refractivity contribution >= 4 is 29.7 Å². The molecule has 2 aromatic heterocycles. The zero-order valence-electron chi connectivity index (χ0n) is 13.4. The first-order valence-electron chi connectivity index (χ1n) is 7.02. The van der Waals surface area contributed by atoms with Gasteiger partial charge in [0.25, 0.3) is 5.56 Å². The zero-order chi connectivity index (χ0) is 18.7. The van der Waals surface area contributed by atoms with Gasteiger partial charge in [0.1, 0.15) is 5.52 Å². The van der Waals surface area contributed by atoms with Crippen LogP contribution in [0.2, 0.25) is 0 Å². The minimum atomic E-state index is -1.62. The summed E-state index contributed by atoms with van der Waals surface area (Å²) in [5.74, 6) is -1.09. The van der Waals surface area contributed by atoms with E-state index in [2.05, 4.69) is 9.97 Å². The minimum Gasteiger partial charge on any atom is -0.478 e. The molecular formula is C14H15BN4O6. The third-order valence-electron chi connectivity index (χ3n) is 3.46. The van der Waals surface area contributed by atoms with Crippen LogP contribution in [-0.4, -0.2) is 47.3 Å². The summed E-state index contributed by atoms with van der Waals surface area (Å²) in [4.78, 5) is 39.8. The van der Waals surface area contributed by atoms with Crippen molar-refractivity contribution in [2.75, 3.05) is 0 Å². The summed E-state index contributed by atoms with van der Waals surface area (Å²) in [6.07, 6.45) is 1.39. The number of hydrogen-bond donors (Lipinski definition) is 4. The van der Waals surface area contributed by atoms with Gasteiger partial charge in [0.05, 0.1) is 11.9 Å². The molecule has 0 atom stereocenters. The van der Waals surface area contributed by atoms with E-state index in [4.69, 9.17) is 15.2 Å². The van der Waals surface area contributed by atoms with E-state index < -0.39 is 13.1 Å². The number of carboxylic acid groups (broad SMARTS) is 1. The number of benzene rings is 1. The van der Waals surface area contributed by atoms with Gasteiger partial charge in [-0.1, -0.05) is 12.1 Å². The van der Waals surface area contributed by atoms with E-state index in [9.17, 15) is 14.4 Å². The van der Waals surface area contributed by atoms with Crippen molar-refractivity contribution in [2.45, 2.75) is 0 Å². The molecule has 0 fully saturated rings. The molecule has 3 aromatic rings. The highest BCUT2D eigenvalue weighted by Crippen LogP contribution is 1.97. The van der Waals surface area contributed by atoms with Crippen LogP contribution in [0.4, 0.5) is 0 Å². The highest BCUT2D eigenvalue weighted by molar-refractivity contribution is 6.58. The molecule has 0 saturated carbocycles. The molecule has 0 radical (unpaired) electrons.